The van der Waals surface area contributed by atoms with E-state index in [-0.39, 0.29) is 0 Å². The molecule has 3 aromatic rings. The van der Waals surface area contributed by atoms with Gasteiger partial charge in [0, 0.05) is 17.5 Å². The van der Waals surface area contributed by atoms with Gasteiger partial charge in [-0.15, -0.1) is 11.3 Å². The minimum absolute atomic E-state index is 0.926. The first-order valence-electron chi connectivity index (χ1n) is 4.70. The summed E-state index contributed by atoms with van der Waals surface area (Å²) in [4.78, 5) is 4.38. The van der Waals surface area contributed by atoms with E-state index in [1.807, 2.05) is 24.4 Å². The fourth-order valence-corrected chi connectivity index (χ4v) is 2.50. The maximum Gasteiger partial charge on any atom is 0.144 e. The molecule has 0 unspecified atom stereocenters. The number of hydrogen-bond acceptors (Lipinski definition) is 2. The highest BCUT2D eigenvalue weighted by atomic mass is 32.1. The van der Waals surface area contributed by atoms with Crippen LogP contribution in [0.1, 0.15) is 0 Å². The predicted molar refractivity (Wildman–Crippen MR) is 61.8 cm³/mol. The molecule has 15 heavy (non-hydrogen) atoms. The Morgan fingerprint density at radius 3 is 2.87 bits per heavy atom. The third-order valence-corrected chi connectivity index (χ3v) is 3.23. The van der Waals surface area contributed by atoms with Gasteiger partial charge in [-0.25, -0.2) is 0 Å². The number of hydrogen-bond donors (Lipinski definition) is 1. The quantitative estimate of drug-likeness (QED) is 0.687. The van der Waals surface area contributed by atoms with Crippen molar-refractivity contribution in [2.45, 2.75) is 0 Å². The molecule has 3 heterocycles. The molecule has 2 nitrogen and oxygen atoms in total. The lowest BCUT2D eigenvalue weighted by atomic mass is 10.1. The molecule has 0 spiro atoms. The van der Waals surface area contributed by atoms with Crippen LogP contribution in [0.2, 0.25) is 0 Å². The minimum Gasteiger partial charge on any atom is -0.463 e. The first kappa shape index (κ1) is 8.56. The molecule has 0 bridgehead atoms. The Balaban J connectivity index is 2.15. The molecule has 0 aliphatic heterocycles. The highest BCUT2D eigenvalue weighted by Crippen LogP contribution is 2.35. The lowest BCUT2D eigenvalue weighted by molar-refractivity contribution is 0.584. The summed E-state index contributed by atoms with van der Waals surface area (Å²) in [6, 6.07) is 10.1. The summed E-state index contributed by atoms with van der Waals surface area (Å²) in [6.07, 6.45) is 3.63. The van der Waals surface area contributed by atoms with Gasteiger partial charge in [-0.05, 0) is 35.7 Å². The molecule has 0 fully saturated rings. The Morgan fingerprint density at radius 1 is 1.13 bits per heavy atom. The zero-order valence-corrected chi connectivity index (χ0v) is 8.75. The van der Waals surface area contributed by atoms with Crippen LogP contribution in [0.4, 0.5) is 0 Å². The fraction of sp³-hybridized carbons (Fsp3) is 0. The van der Waals surface area contributed by atoms with E-state index in [0.29, 0.717) is 0 Å². The summed E-state index contributed by atoms with van der Waals surface area (Å²) in [5.74, 6) is 0.926. The van der Waals surface area contributed by atoms with Crippen molar-refractivity contribution in [3.8, 4) is 21.9 Å². The molecule has 3 heteroatoms. The first-order chi connectivity index (χ1) is 7.45. The SMILES string of the molecule is c1c[nH]c(-c2ccsc2-c2ccco2)c1. The molecule has 74 valence electrons. The molecule has 3 rings (SSSR count). The van der Waals surface area contributed by atoms with Crippen LogP contribution in [-0.4, -0.2) is 4.98 Å². The van der Waals surface area contributed by atoms with Crippen LogP contribution in [0.5, 0.6) is 0 Å². The maximum atomic E-state index is 5.41. The molecular weight excluding hydrogens is 206 g/mol. The van der Waals surface area contributed by atoms with Crippen LogP contribution >= 0.6 is 11.3 Å². The normalized spacial score (nSPS) is 10.7. The van der Waals surface area contributed by atoms with Gasteiger partial charge >= 0.3 is 0 Å². The standard InChI is InChI=1S/C12H9NOS/c1-3-10(13-6-1)9-5-8-15-12(9)11-4-2-7-14-11/h1-8,13H. The number of nitrogens with one attached hydrogen (secondary N) is 1. The average molecular weight is 215 g/mol. The Labute approximate surface area is 91.2 Å². The van der Waals surface area contributed by atoms with Crippen molar-refractivity contribution in [2.75, 3.05) is 0 Å². The van der Waals surface area contributed by atoms with Gasteiger partial charge in [0.2, 0.25) is 0 Å². The van der Waals surface area contributed by atoms with Gasteiger partial charge < -0.3 is 9.40 Å². The van der Waals surface area contributed by atoms with Crippen molar-refractivity contribution in [2.24, 2.45) is 0 Å². The Kier molecular flexibility index (Phi) is 1.96. The summed E-state index contributed by atoms with van der Waals surface area (Å²) in [5.41, 5.74) is 2.32. The van der Waals surface area contributed by atoms with Crippen molar-refractivity contribution in [3.63, 3.8) is 0 Å². The Hall–Kier alpha value is -1.74. The topological polar surface area (TPSA) is 28.9 Å². The second-order valence-electron chi connectivity index (χ2n) is 3.22. The lowest BCUT2D eigenvalue weighted by Crippen LogP contribution is -1.75. The molecule has 0 radical (unpaired) electrons. The van der Waals surface area contributed by atoms with Crippen molar-refractivity contribution in [1.29, 1.82) is 0 Å². The van der Waals surface area contributed by atoms with Gasteiger partial charge in [-0.2, -0.15) is 0 Å². The molecule has 0 saturated heterocycles. The monoisotopic (exact) mass is 215 g/mol. The molecule has 0 atom stereocenters. The number of aromatic amines is 1. The molecule has 0 aliphatic rings. The van der Waals surface area contributed by atoms with Gasteiger partial charge in [-0.1, -0.05) is 0 Å². The fourth-order valence-electron chi connectivity index (χ4n) is 1.62. The van der Waals surface area contributed by atoms with Gasteiger partial charge in [0.05, 0.1) is 11.1 Å². The minimum atomic E-state index is 0.926. The third-order valence-electron chi connectivity index (χ3n) is 2.30. The second kappa shape index (κ2) is 3.44. The number of thiophene rings is 1. The number of H-pyrrole nitrogens is 1. The smallest absolute Gasteiger partial charge is 0.144 e. The van der Waals surface area contributed by atoms with Crippen molar-refractivity contribution >= 4 is 11.3 Å². The van der Waals surface area contributed by atoms with Crippen LogP contribution in [0, 0.1) is 0 Å². The maximum absolute atomic E-state index is 5.41. The highest BCUT2D eigenvalue weighted by Gasteiger charge is 2.11. The first-order valence-corrected chi connectivity index (χ1v) is 5.58. The van der Waals surface area contributed by atoms with E-state index in [9.17, 15) is 0 Å². The third kappa shape index (κ3) is 1.41. The van der Waals surface area contributed by atoms with Gasteiger partial charge in [0.1, 0.15) is 5.76 Å². The molecule has 0 aromatic carbocycles. The van der Waals surface area contributed by atoms with Crippen LogP contribution < -0.4 is 0 Å². The van der Waals surface area contributed by atoms with E-state index in [0.717, 1.165) is 11.5 Å². The van der Waals surface area contributed by atoms with Crippen LogP contribution in [0.15, 0.2) is 52.6 Å². The van der Waals surface area contributed by atoms with Crippen molar-refractivity contribution in [3.05, 3.63) is 48.2 Å². The number of aromatic nitrogens is 1. The van der Waals surface area contributed by atoms with E-state index in [1.165, 1.54) is 10.4 Å². The van der Waals surface area contributed by atoms with Crippen molar-refractivity contribution < 1.29 is 4.42 Å². The molecule has 3 aromatic heterocycles. The summed E-state index contributed by atoms with van der Waals surface area (Å²) in [6.45, 7) is 0. The molecule has 0 aliphatic carbocycles. The summed E-state index contributed by atoms with van der Waals surface area (Å²) in [7, 11) is 0. The summed E-state index contributed by atoms with van der Waals surface area (Å²) < 4.78 is 5.41. The highest BCUT2D eigenvalue weighted by molar-refractivity contribution is 7.14. The molecule has 1 N–H and O–H groups in total. The Morgan fingerprint density at radius 2 is 2.13 bits per heavy atom. The molecule has 0 amide bonds. The van der Waals surface area contributed by atoms with E-state index < -0.39 is 0 Å². The van der Waals surface area contributed by atoms with Crippen molar-refractivity contribution in [1.82, 2.24) is 4.98 Å². The largest absolute Gasteiger partial charge is 0.463 e. The lowest BCUT2D eigenvalue weighted by Gasteiger charge is -1.97. The van der Waals surface area contributed by atoms with Crippen LogP contribution in [-0.2, 0) is 0 Å². The van der Waals surface area contributed by atoms with E-state index in [2.05, 4.69) is 22.5 Å². The molecular formula is C12H9NOS. The number of rotatable bonds is 2. The molecule has 0 saturated carbocycles. The van der Waals surface area contributed by atoms with E-state index in [1.54, 1.807) is 17.6 Å². The second-order valence-corrected chi connectivity index (χ2v) is 4.14. The predicted octanol–water partition coefficient (Wildman–Crippen LogP) is 4.00. The van der Waals surface area contributed by atoms with Gasteiger partial charge in [0.25, 0.3) is 0 Å². The zero-order chi connectivity index (χ0) is 10.1. The van der Waals surface area contributed by atoms with Gasteiger partial charge in [-0.3, -0.25) is 0 Å². The van der Waals surface area contributed by atoms with E-state index in [4.69, 9.17) is 4.42 Å². The van der Waals surface area contributed by atoms with E-state index >= 15 is 0 Å². The Bertz CT molecular complexity index is 485. The summed E-state index contributed by atoms with van der Waals surface area (Å²) >= 11 is 1.69. The van der Waals surface area contributed by atoms with Crippen LogP contribution in [0.25, 0.3) is 21.9 Å². The van der Waals surface area contributed by atoms with Crippen LogP contribution in [0.3, 0.4) is 0 Å². The average Bonchev–Trinajstić information content (AvgIpc) is 3.01. The zero-order valence-electron chi connectivity index (χ0n) is 7.94. The van der Waals surface area contributed by atoms with Gasteiger partial charge in [0.15, 0.2) is 0 Å². The summed E-state index contributed by atoms with van der Waals surface area (Å²) in [5, 5.41) is 2.08. The number of furan rings is 1.